The highest BCUT2D eigenvalue weighted by molar-refractivity contribution is 7.92. The van der Waals surface area contributed by atoms with Crippen LogP contribution in [0.1, 0.15) is 12.5 Å². The molecule has 2 heterocycles. The molecule has 0 radical (unpaired) electrons. The van der Waals surface area contributed by atoms with Crippen LogP contribution >= 0.6 is 0 Å². The number of amides is 2. The van der Waals surface area contributed by atoms with Crippen LogP contribution in [0, 0.1) is 0 Å². The average Bonchev–Trinajstić information content (AvgIpc) is 2.72. The lowest BCUT2D eigenvalue weighted by molar-refractivity contribution is -0.162. The summed E-state index contributed by atoms with van der Waals surface area (Å²) in [5.74, 6) is -4.25. The lowest BCUT2D eigenvalue weighted by Crippen LogP contribution is -2.71. The number of β-lactam (4-membered cyclic amide) rings is 1. The predicted octanol–water partition coefficient (Wildman–Crippen LogP) is -0.471. The number of ether oxygens (including phenoxy) is 2. The van der Waals surface area contributed by atoms with E-state index in [0.29, 0.717) is 5.56 Å². The zero-order chi connectivity index (χ0) is 23.6. The van der Waals surface area contributed by atoms with Gasteiger partial charge in [-0.3, -0.25) is 24.1 Å². The molecule has 2 atom stereocenters. The number of benzene rings is 1. The van der Waals surface area contributed by atoms with Gasteiger partial charge in [-0.2, -0.15) is 0 Å². The summed E-state index contributed by atoms with van der Waals surface area (Å²) in [6.07, 6.45) is -1.28. The Labute approximate surface area is 184 Å². The Morgan fingerprint density at radius 3 is 2.44 bits per heavy atom. The first-order valence-electron chi connectivity index (χ1n) is 9.54. The summed E-state index contributed by atoms with van der Waals surface area (Å²) in [6.45, 7) is -0.200. The number of carboxylic acid groups (broad SMARTS) is 1. The number of methoxy groups -OCH3 is 1. The van der Waals surface area contributed by atoms with Gasteiger partial charge < -0.3 is 19.5 Å². The Morgan fingerprint density at radius 1 is 1.22 bits per heavy atom. The first-order valence-corrected chi connectivity index (χ1v) is 11.3. The summed E-state index contributed by atoms with van der Waals surface area (Å²) in [4.78, 5) is 50.6. The Morgan fingerprint density at radius 2 is 1.88 bits per heavy atom. The van der Waals surface area contributed by atoms with Gasteiger partial charge in [-0.15, -0.1) is 0 Å². The second-order valence-corrected chi connectivity index (χ2v) is 9.43. The lowest BCUT2D eigenvalue weighted by atomic mass is 10.0. The number of nitrogens with zero attached hydrogens (tertiary/aromatic N) is 2. The van der Waals surface area contributed by atoms with Crippen molar-refractivity contribution in [3.05, 3.63) is 47.2 Å². The maximum atomic E-state index is 13.5. The highest BCUT2D eigenvalue weighted by atomic mass is 32.2. The maximum Gasteiger partial charge on any atom is 0.323 e. The van der Waals surface area contributed by atoms with E-state index in [1.807, 2.05) is 0 Å². The minimum Gasteiger partial charge on any atom is -0.480 e. The molecule has 11 nitrogen and oxygen atoms in total. The fourth-order valence-corrected chi connectivity index (χ4v) is 5.69. The minimum atomic E-state index is -3.95. The fourth-order valence-electron chi connectivity index (χ4n) is 3.68. The highest BCUT2D eigenvalue weighted by Crippen LogP contribution is 2.38. The molecule has 0 saturated carbocycles. The molecule has 12 heteroatoms. The van der Waals surface area contributed by atoms with E-state index >= 15 is 0 Å². The van der Waals surface area contributed by atoms with Crippen LogP contribution in [-0.2, 0) is 45.0 Å². The van der Waals surface area contributed by atoms with Gasteiger partial charge in [0.05, 0.1) is 5.75 Å². The van der Waals surface area contributed by atoms with Crippen LogP contribution < -0.4 is 0 Å². The molecular weight excluding hydrogens is 444 g/mol. The summed E-state index contributed by atoms with van der Waals surface area (Å²) >= 11 is 0. The molecule has 32 heavy (non-hydrogen) atoms. The van der Waals surface area contributed by atoms with Gasteiger partial charge in [0, 0.05) is 26.2 Å². The first kappa shape index (κ1) is 23.4. The van der Waals surface area contributed by atoms with E-state index in [2.05, 4.69) is 0 Å². The standard InChI is InChI=1S/C20H22N2O9S/c1-12(23)31-10-14-11-32(28,29)20-17(30-2)19(27)22(20)16(14)18(26)21(9-15(24)25)8-13-6-4-3-5-7-13/h3-7,17,20H,8-11H2,1-2H3,(H,24,25)/t17-,20+/m0/s1. The van der Waals surface area contributed by atoms with Crippen LogP contribution in [-0.4, -0.2) is 84.6 Å². The van der Waals surface area contributed by atoms with Crippen LogP contribution in [0.3, 0.4) is 0 Å². The number of rotatable bonds is 8. The summed E-state index contributed by atoms with van der Waals surface area (Å²) in [6, 6.07) is 8.58. The molecule has 1 aromatic carbocycles. The number of carbonyl (C=O) groups is 4. The number of carbonyl (C=O) groups excluding carboxylic acids is 3. The van der Waals surface area contributed by atoms with Crippen molar-refractivity contribution in [2.45, 2.75) is 24.9 Å². The second-order valence-electron chi connectivity index (χ2n) is 7.34. The molecule has 1 saturated heterocycles. The monoisotopic (exact) mass is 466 g/mol. The zero-order valence-electron chi connectivity index (χ0n) is 17.4. The molecule has 1 aromatic rings. The normalized spacial score (nSPS) is 21.4. The van der Waals surface area contributed by atoms with Gasteiger partial charge in [0.15, 0.2) is 21.3 Å². The highest BCUT2D eigenvalue weighted by Gasteiger charge is 2.60. The van der Waals surface area contributed by atoms with Crippen LogP contribution in [0.5, 0.6) is 0 Å². The van der Waals surface area contributed by atoms with Gasteiger partial charge in [0.2, 0.25) is 0 Å². The van der Waals surface area contributed by atoms with Gasteiger partial charge in [0.25, 0.3) is 11.8 Å². The van der Waals surface area contributed by atoms with Crippen molar-refractivity contribution in [1.29, 1.82) is 0 Å². The number of hydrogen-bond donors (Lipinski definition) is 1. The van der Waals surface area contributed by atoms with Gasteiger partial charge in [-0.1, -0.05) is 30.3 Å². The Bertz CT molecular complexity index is 1080. The van der Waals surface area contributed by atoms with Crippen molar-refractivity contribution < 1.29 is 42.2 Å². The van der Waals surface area contributed by atoms with Gasteiger partial charge in [0.1, 0.15) is 18.8 Å². The van der Waals surface area contributed by atoms with E-state index in [1.165, 1.54) is 7.11 Å². The van der Waals surface area contributed by atoms with E-state index in [-0.39, 0.29) is 17.8 Å². The van der Waals surface area contributed by atoms with Crippen molar-refractivity contribution in [2.24, 2.45) is 0 Å². The van der Waals surface area contributed by atoms with Crippen LogP contribution in [0.25, 0.3) is 0 Å². The fraction of sp³-hybridized carbons (Fsp3) is 0.400. The molecule has 1 N–H and O–H groups in total. The molecule has 2 aliphatic rings. The molecule has 3 rings (SSSR count). The maximum absolute atomic E-state index is 13.5. The molecule has 0 aromatic heterocycles. The third-order valence-electron chi connectivity index (χ3n) is 5.05. The molecule has 0 unspecified atom stereocenters. The number of hydrogen-bond acceptors (Lipinski definition) is 8. The molecule has 2 amide bonds. The molecule has 0 spiro atoms. The molecule has 172 valence electrons. The third kappa shape index (κ3) is 4.50. The van der Waals surface area contributed by atoms with E-state index in [1.54, 1.807) is 30.3 Å². The quantitative estimate of drug-likeness (QED) is 0.396. The topological polar surface area (TPSA) is 148 Å². The van der Waals surface area contributed by atoms with Crippen molar-refractivity contribution in [2.75, 3.05) is 26.0 Å². The molecule has 2 aliphatic heterocycles. The molecule has 0 bridgehead atoms. The Kier molecular flexibility index (Phi) is 6.65. The number of esters is 1. The van der Waals surface area contributed by atoms with Crippen molar-refractivity contribution >= 4 is 33.6 Å². The molecule has 1 fully saturated rings. The molecule has 0 aliphatic carbocycles. The van der Waals surface area contributed by atoms with E-state index in [4.69, 9.17) is 9.47 Å². The van der Waals surface area contributed by atoms with Crippen molar-refractivity contribution in [1.82, 2.24) is 9.80 Å². The number of carboxylic acids is 1. The second kappa shape index (κ2) is 9.09. The van der Waals surface area contributed by atoms with Crippen LogP contribution in [0.4, 0.5) is 0 Å². The van der Waals surface area contributed by atoms with Crippen molar-refractivity contribution in [3.8, 4) is 0 Å². The number of fused-ring (bicyclic) bond motifs is 1. The van der Waals surface area contributed by atoms with E-state index in [0.717, 1.165) is 16.7 Å². The van der Waals surface area contributed by atoms with E-state index in [9.17, 15) is 32.7 Å². The number of sulfone groups is 1. The van der Waals surface area contributed by atoms with Gasteiger partial charge in [-0.05, 0) is 5.56 Å². The summed E-state index contributed by atoms with van der Waals surface area (Å²) in [5, 5.41) is 7.91. The summed E-state index contributed by atoms with van der Waals surface area (Å²) in [5.41, 5.74) is 0.225. The Hall–Kier alpha value is -3.25. The zero-order valence-corrected chi connectivity index (χ0v) is 18.2. The average molecular weight is 466 g/mol. The molecular formula is C20H22N2O9S. The largest absolute Gasteiger partial charge is 0.480 e. The summed E-state index contributed by atoms with van der Waals surface area (Å²) in [7, 11) is -2.76. The van der Waals surface area contributed by atoms with Gasteiger partial charge >= 0.3 is 11.9 Å². The third-order valence-corrected chi connectivity index (χ3v) is 6.99. The van der Waals surface area contributed by atoms with Crippen LogP contribution in [0.15, 0.2) is 41.6 Å². The number of aliphatic carboxylic acids is 1. The van der Waals surface area contributed by atoms with Crippen molar-refractivity contribution in [3.63, 3.8) is 0 Å². The Balaban J connectivity index is 2.06. The smallest absolute Gasteiger partial charge is 0.323 e. The van der Waals surface area contributed by atoms with Crippen LogP contribution in [0.2, 0.25) is 0 Å². The summed E-state index contributed by atoms with van der Waals surface area (Å²) < 4.78 is 35.4. The van der Waals surface area contributed by atoms with E-state index < -0.39 is 64.0 Å². The first-order chi connectivity index (χ1) is 15.1. The SMILES string of the molecule is CO[C@H]1C(=O)N2C(C(=O)N(CC(=O)O)Cc3ccccc3)=C(COC(C)=O)CS(=O)(=O)[C@H]12. The van der Waals surface area contributed by atoms with Gasteiger partial charge in [-0.25, -0.2) is 8.42 Å². The minimum absolute atomic E-state index is 0.0938. The predicted molar refractivity (Wildman–Crippen MR) is 108 cm³/mol. The lowest BCUT2D eigenvalue weighted by Gasteiger charge is -2.49.